The lowest BCUT2D eigenvalue weighted by atomic mass is 10.1. The van der Waals surface area contributed by atoms with E-state index >= 15 is 0 Å². The zero-order chi connectivity index (χ0) is 16.9. The van der Waals surface area contributed by atoms with Crippen LogP contribution >= 0.6 is 0 Å². The van der Waals surface area contributed by atoms with Crippen LogP contribution < -0.4 is 10.6 Å². The molecule has 0 fully saturated rings. The van der Waals surface area contributed by atoms with Gasteiger partial charge in [-0.1, -0.05) is 24.3 Å². The average Bonchev–Trinajstić information content (AvgIpc) is 2.58. The Morgan fingerprint density at radius 1 is 1.08 bits per heavy atom. The third kappa shape index (κ3) is 3.65. The van der Waals surface area contributed by atoms with E-state index in [0.29, 0.717) is 13.0 Å². The van der Waals surface area contributed by atoms with E-state index < -0.39 is 17.7 Å². The van der Waals surface area contributed by atoms with Gasteiger partial charge in [0.2, 0.25) is 0 Å². The molecule has 0 bridgehead atoms. The van der Waals surface area contributed by atoms with Crippen LogP contribution in [0.1, 0.15) is 5.56 Å². The Morgan fingerprint density at radius 2 is 1.92 bits per heavy atom. The van der Waals surface area contributed by atoms with Gasteiger partial charge < -0.3 is 10.6 Å². The number of anilines is 1. The number of carbonyl (C=O) groups excluding carboxylic acids is 1. The molecule has 0 aliphatic carbocycles. The molecule has 2 amide bonds. The zero-order valence-corrected chi connectivity index (χ0v) is 12.7. The van der Waals surface area contributed by atoms with Crippen LogP contribution in [0.25, 0.3) is 10.9 Å². The summed E-state index contributed by atoms with van der Waals surface area (Å²) >= 11 is 0. The number of aromatic nitrogens is 1. The number of nitrogens with one attached hydrogen (secondary N) is 2. The first-order valence-corrected chi connectivity index (χ1v) is 7.46. The van der Waals surface area contributed by atoms with E-state index in [1.807, 2.05) is 30.3 Å². The number of para-hydroxylation sites is 1. The monoisotopic (exact) mass is 327 g/mol. The number of urea groups is 1. The van der Waals surface area contributed by atoms with Crippen molar-refractivity contribution in [2.75, 3.05) is 11.9 Å². The quantitative estimate of drug-likeness (QED) is 0.764. The average molecular weight is 327 g/mol. The Balaban J connectivity index is 1.58. The fourth-order valence-corrected chi connectivity index (χ4v) is 2.44. The maximum absolute atomic E-state index is 13.5. The lowest BCUT2D eigenvalue weighted by Gasteiger charge is -2.09. The van der Waals surface area contributed by atoms with Gasteiger partial charge in [-0.3, -0.25) is 4.98 Å². The summed E-state index contributed by atoms with van der Waals surface area (Å²) < 4.78 is 26.3. The third-order valence-electron chi connectivity index (χ3n) is 3.58. The Hall–Kier alpha value is -3.02. The largest absolute Gasteiger partial charge is 0.338 e. The van der Waals surface area contributed by atoms with Crippen LogP contribution in [0.5, 0.6) is 0 Å². The van der Waals surface area contributed by atoms with E-state index in [4.69, 9.17) is 0 Å². The number of carbonyl (C=O) groups is 1. The predicted molar refractivity (Wildman–Crippen MR) is 88.8 cm³/mol. The number of benzene rings is 2. The predicted octanol–water partition coefficient (Wildman–Crippen LogP) is 3.88. The Kier molecular flexibility index (Phi) is 4.65. The van der Waals surface area contributed by atoms with Crippen molar-refractivity contribution in [2.24, 2.45) is 0 Å². The van der Waals surface area contributed by atoms with Crippen LogP contribution in [0.4, 0.5) is 19.3 Å². The van der Waals surface area contributed by atoms with Gasteiger partial charge in [-0.05, 0) is 30.2 Å². The van der Waals surface area contributed by atoms with Crippen molar-refractivity contribution >= 4 is 22.6 Å². The van der Waals surface area contributed by atoms with Crippen LogP contribution in [0, 0.1) is 11.6 Å². The summed E-state index contributed by atoms with van der Waals surface area (Å²) in [5.41, 5.74) is 1.84. The number of amides is 2. The molecule has 0 saturated carbocycles. The van der Waals surface area contributed by atoms with Gasteiger partial charge in [0.25, 0.3) is 0 Å². The number of halogens is 2. The van der Waals surface area contributed by atoms with Gasteiger partial charge >= 0.3 is 6.03 Å². The fraction of sp³-hybridized carbons (Fsp3) is 0.111. The van der Waals surface area contributed by atoms with E-state index in [9.17, 15) is 13.6 Å². The van der Waals surface area contributed by atoms with Crippen LogP contribution in [0.3, 0.4) is 0 Å². The Labute approximate surface area is 137 Å². The van der Waals surface area contributed by atoms with Crippen molar-refractivity contribution in [1.82, 2.24) is 10.3 Å². The van der Waals surface area contributed by atoms with E-state index in [1.54, 1.807) is 6.20 Å². The fourth-order valence-electron chi connectivity index (χ4n) is 2.44. The van der Waals surface area contributed by atoms with Crippen molar-refractivity contribution in [1.29, 1.82) is 0 Å². The van der Waals surface area contributed by atoms with Crippen molar-refractivity contribution in [3.8, 4) is 0 Å². The summed E-state index contributed by atoms with van der Waals surface area (Å²) in [6.07, 6.45) is 2.32. The van der Waals surface area contributed by atoms with Crippen molar-refractivity contribution < 1.29 is 13.6 Å². The SMILES string of the molecule is O=C(NCCc1cccc2cccnc12)Nc1ccc(F)cc1F. The van der Waals surface area contributed by atoms with Gasteiger partial charge in [-0.2, -0.15) is 0 Å². The molecule has 3 aromatic rings. The second-order valence-corrected chi connectivity index (χ2v) is 5.25. The first-order valence-electron chi connectivity index (χ1n) is 7.46. The molecule has 2 aromatic carbocycles. The second kappa shape index (κ2) is 7.04. The lowest BCUT2D eigenvalue weighted by Crippen LogP contribution is -2.30. The highest BCUT2D eigenvalue weighted by molar-refractivity contribution is 5.89. The molecule has 0 aliphatic rings. The number of fused-ring (bicyclic) bond motifs is 1. The first kappa shape index (κ1) is 15.9. The first-order chi connectivity index (χ1) is 11.6. The Morgan fingerprint density at radius 3 is 2.75 bits per heavy atom. The summed E-state index contributed by atoms with van der Waals surface area (Å²) in [7, 11) is 0. The zero-order valence-electron chi connectivity index (χ0n) is 12.7. The molecule has 4 nitrogen and oxygen atoms in total. The third-order valence-corrected chi connectivity index (χ3v) is 3.58. The summed E-state index contributed by atoms with van der Waals surface area (Å²) in [5, 5.41) is 6.04. The van der Waals surface area contributed by atoms with Crippen molar-refractivity contribution in [3.63, 3.8) is 0 Å². The molecule has 1 heterocycles. The topological polar surface area (TPSA) is 54.0 Å². The van der Waals surface area contributed by atoms with Crippen molar-refractivity contribution in [3.05, 3.63) is 71.9 Å². The second-order valence-electron chi connectivity index (χ2n) is 5.25. The van der Waals surface area contributed by atoms with Gasteiger partial charge in [0, 0.05) is 24.2 Å². The normalized spacial score (nSPS) is 10.6. The smallest absolute Gasteiger partial charge is 0.319 e. The molecular formula is C18H15F2N3O. The lowest BCUT2D eigenvalue weighted by molar-refractivity contribution is 0.252. The molecule has 0 unspecified atom stereocenters. The highest BCUT2D eigenvalue weighted by Crippen LogP contribution is 2.16. The summed E-state index contributed by atoms with van der Waals surface area (Å²) in [6.45, 7) is 0.365. The van der Waals surface area contributed by atoms with Crippen LogP contribution in [-0.2, 0) is 6.42 Å². The molecule has 0 spiro atoms. The van der Waals surface area contributed by atoms with Gasteiger partial charge in [0.05, 0.1) is 11.2 Å². The number of hydrogen-bond acceptors (Lipinski definition) is 2. The van der Waals surface area contributed by atoms with Gasteiger partial charge in [0.15, 0.2) is 0 Å². The van der Waals surface area contributed by atoms with E-state index in [0.717, 1.165) is 28.6 Å². The van der Waals surface area contributed by atoms with Gasteiger partial charge in [0.1, 0.15) is 11.6 Å². The molecule has 1 aromatic heterocycles. The molecule has 0 aliphatic heterocycles. The molecule has 122 valence electrons. The molecule has 0 radical (unpaired) electrons. The van der Waals surface area contributed by atoms with Crippen molar-refractivity contribution in [2.45, 2.75) is 6.42 Å². The van der Waals surface area contributed by atoms with Crippen LogP contribution in [0.15, 0.2) is 54.7 Å². The van der Waals surface area contributed by atoms with Crippen LogP contribution in [0.2, 0.25) is 0 Å². The molecule has 0 saturated heterocycles. The minimum absolute atomic E-state index is 0.0688. The van der Waals surface area contributed by atoms with E-state index in [1.165, 1.54) is 6.07 Å². The Bertz CT molecular complexity index is 878. The number of hydrogen-bond donors (Lipinski definition) is 2. The number of rotatable bonds is 4. The van der Waals surface area contributed by atoms with E-state index in [2.05, 4.69) is 15.6 Å². The van der Waals surface area contributed by atoms with Gasteiger partial charge in [-0.15, -0.1) is 0 Å². The highest BCUT2D eigenvalue weighted by Gasteiger charge is 2.08. The maximum Gasteiger partial charge on any atom is 0.319 e. The molecule has 3 rings (SSSR count). The standard InChI is InChI=1S/C18H15F2N3O/c19-14-6-7-16(15(20)11-14)23-18(24)22-10-8-13-4-1-3-12-5-2-9-21-17(12)13/h1-7,9,11H,8,10H2,(H2,22,23,24). The maximum atomic E-state index is 13.5. The molecular weight excluding hydrogens is 312 g/mol. The molecule has 24 heavy (non-hydrogen) atoms. The summed E-state index contributed by atoms with van der Waals surface area (Å²) in [5.74, 6) is -1.51. The number of nitrogens with zero attached hydrogens (tertiary/aromatic N) is 1. The minimum Gasteiger partial charge on any atom is -0.338 e. The molecule has 6 heteroatoms. The highest BCUT2D eigenvalue weighted by atomic mass is 19.1. The number of pyridine rings is 1. The minimum atomic E-state index is -0.816. The summed E-state index contributed by atoms with van der Waals surface area (Å²) in [4.78, 5) is 16.2. The summed E-state index contributed by atoms with van der Waals surface area (Å²) in [6, 6.07) is 12.1. The molecule has 2 N–H and O–H groups in total. The van der Waals surface area contributed by atoms with Gasteiger partial charge in [-0.25, -0.2) is 13.6 Å². The molecule has 0 atom stereocenters. The van der Waals surface area contributed by atoms with E-state index in [-0.39, 0.29) is 5.69 Å². The van der Waals surface area contributed by atoms with Crippen LogP contribution in [-0.4, -0.2) is 17.6 Å².